The highest BCUT2D eigenvalue weighted by Crippen LogP contribution is 2.44. The molecule has 0 bridgehead atoms. The smallest absolute Gasteiger partial charge is 0.416 e. The Morgan fingerprint density at radius 3 is 1.95 bits per heavy atom. The number of carbonyl (C=O) groups is 4. The third kappa shape index (κ3) is 5.54. The van der Waals surface area contributed by atoms with Gasteiger partial charge in [-0.2, -0.15) is 13.2 Å². The van der Waals surface area contributed by atoms with Crippen molar-refractivity contribution in [1.82, 2.24) is 9.96 Å². The molecule has 1 heterocycles. The van der Waals surface area contributed by atoms with Gasteiger partial charge >= 0.3 is 18.2 Å². The standard InChI is InChI=1S/C29H23F3N2O6/c30-29(31,32)19-11-9-18(10-12-19)15-33(16-27(37)40-34-25(35)13-14-26(34)36)28(38)39-17-24-22-7-3-1-5-20(22)21-6-2-4-8-23(21)24/h1-12,24H,13-17H2. The van der Waals surface area contributed by atoms with Crippen LogP contribution in [0.15, 0.2) is 72.8 Å². The Morgan fingerprint density at radius 1 is 0.850 bits per heavy atom. The summed E-state index contributed by atoms with van der Waals surface area (Å²) in [5.74, 6) is -2.72. The largest absolute Gasteiger partial charge is 0.448 e. The first-order chi connectivity index (χ1) is 19.1. The number of halogens is 3. The van der Waals surface area contributed by atoms with Gasteiger partial charge in [0.05, 0.1) is 5.56 Å². The van der Waals surface area contributed by atoms with Gasteiger partial charge in [-0.3, -0.25) is 14.5 Å². The molecule has 0 aromatic heterocycles. The number of imide groups is 1. The monoisotopic (exact) mass is 552 g/mol. The molecule has 1 saturated heterocycles. The number of hydrogen-bond donors (Lipinski definition) is 0. The fourth-order valence-corrected chi connectivity index (χ4v) is 4.83. The molecule has 3 aromatic carbocycles. The number of carbonyl (C=O) groups excluding carboxylic acids is 4. The molecule has 8 nitrogen and oxygen atoms in total. The number of ether oxygens (including phenoxy) is 1. The molecule has 2 aliphatic rings. The Kier molecular flexibility index (Phi) is 7.29. The van der Waals surface area contributed by atoms with E-state index in [0.29, 0.717) is 10.6 Å². The quantitative estimate of drug-likeness (QED) is 0.381. The van der Waals surface area contributed by atoms with Crippen LogP contribution in [-0.2, 0) is 36.7 Å². The molecule has 0 N–H and O–H groups in total. The lowest BCUT2D eigenvalue weighted by Gasteiger charge is -2.24. The first-order valence-corrected chi connectivity index (χ1v) is 12.4. The zero-order valence-electron chi connectivity index (χ0n) is 21.0. The van der Waals surface area contributed by atoms with Crippen LogP contribution in [0, 0.1) is 0 Å². The Labute approximate surface area is 226 Å². The molecule has 1 aliphatic heterocycles. The molecule has 0 radical (unpaired) electrons. The van der Waals surface area contributed by atoms with Crippen LogP contribution in [0.25, 0.3) is 11.1 Å². The predicted molar refractivity (Wildman–Crippen MR) is 134 cm³/mol. The molecule has 11 heteroatoms. The summed E-state index contributed by atoms with van der Waals surface area (Å²) in [4.78, 5) is 55.3. The second kappa shape index (κ2) is 10.8. The number of fused-ring (bicyclic) bond motifs is 3. The van der Waals surface area contributed by atoms with E-state index in [9.17, 15) is 32.3 Å². The summed E-state index contributed by atoms with van der Waals surface area (Å²) < 4.78 is 44.6. The Hall–Kier alpha value is -4.67. The Bertz CT molecular complexity index is 1410. The van der Waals surface area contributed by atoms with E-state index in [1.807, 2.05) is 48.5 Å². The SMILES string of the molecule is O=C(CN(Cc1ccc(C(F)(F)F)cc1)C(=O)OCC1c2ccccc2-c2ccccc21)ON1C(=O)CCC1=O. The van der Waals surface area contributed by atoms with E-state index in [4.69, 9.17) is 9.57 Å². The minimum atomic E-state index is -4.54. The number of rotatable bonds is 7. The van der Waals surface area contributed by atoms with Gasteiger partial charge in [-0.05, 0) is 39.9 Å². The van der Waals surface area contributed by atoms with E-state index >= 15 is 0 Å². The van der Waals surface area contributed by atoms with Crippen LogP contribution in [0.1, 0.15) is 41.0 Å². The van der Waals surface area contributed by atoms with E-state index < -0.39 is 42.2 Å². The van der Waals surface area contributed by atoms with Crippen molar-refractivity contribution < 1.29 is 41.9 Å². The number of nitrogens with zero attached hydrogens (tertiary/aromatic N) is 2. The molecule has 3 amide bonds. The van der Waals surface area contributed by atoms with E-state index in [2.05, 4.69) is 0 Å². The maximum absolute atomic E-state index is 13.2. The van der Waals surface area contributed by atoms with Crippen LogP contribution >= 0.6 is 0 Å². The van der Waals surface area contributed by atoms with E-state index in [0.717, 1.165) is 39.3 Å². The molecule has 40 heavy (non-hydrogen) atoms. The fourth-order valence-electron chi connectivity index (χ4n) is 4.83. The number of hydroxylamine groups is 2. The van der Waals surface area contributed by atoms with Crippen molar-refractivity contribution >= 4 is 23.9 Å². The molecular formula is C29H23F3N2O6. The summed E-state index contributed by atoms with van der Waals surface area (Å²) in [6.45, 7) is -1.06. The molecule has 206 valence electrons. The van der Waals surface area contributed by atoms with Gasteiger partial charge in [0.15, 0.2) is 0 Å². The lowest BCUT2D eigenvalue weighted by molar-refractivity contribution is -0.197. The third-order valence-electron chi connectivity index (χ3n) is 6.77. The van der Waals surface area contributed by atoms with E-state index in [1.165, 1.54) is 12.1 Å². The van der Waals surface area contributed by atoms with Crippen LogP contribution < -0.4 is 0 Å². The Morgan fingerprint density at radius 2 is 1.40 bits per heavy atom. The second-order valence-electron chi connectivity index (χ2n) is 9.40. The van der Waals surface area contributed by atoms with Gasteiger partial charge in [-0.15, -0.1) is 5.06 Å². The van der Waals surface area contributed by atoms with Gasteiger partial charge in [0, 0.05) is 25.3 Å². The first kappa shape index (κ1) is 26.9. The molecular weight excluding hydrogens is 529 g/mol. The van der Waals surface area contributed by atoms with Crippen LogP contribution in [0.2, 0.25) is 0 Å². The van der Waals surface area contributed by atoms with Crippen LogP contribution in [0.5, 0.6) is 0 Å². The normalized spacial score (nSPS) is 14.6. The third-order valence-corrected chi connectivity index (χ3v) is 6.77. The summed E-state index contributed by atoms with van der Waals surface area (Å²) >= 11 is 0. The number of benzene rings is 3. The zero-order valence-corrected chi connectivity index (χ0v) is 21.0. The van der Waals surface area contributed by atoms with Crippen molar-refractivity contribution in [3.05, 3.63) is 95.1 Å². The van der Waals surface area contributed by atoms with Gasteiger partial charge in [0.1, 0.15) is 13.2 Å². The Balaban J connectivity index is 1.33. The second-order valence-corrected chi connectivity index (χ2v) is 9.40. The lowest BCUT2D eigenvalue weighted by Crippen LogP contribution is -2.40. The van der Waals surface area contributed by atoms with Gasteiger partial charge in [0.25, 0.3) is 11.8 Å². The number of amides is 3. The average molecular weight is 553 g/mol. The van der Waals surface area contributed by atoms with Crippen molar-refractivity contribution in [2.24, 2.45) is 0 Å². The summed E-state index contributed by atoms with van der Waals surface area (Å²) in [7, 11) is 0. The molecule has 1 fully saturated rings. The van der Waals surface area contributed by atoms with Crippen LogP contribution in [-0.4, -0.2) is 47.0 Å². The first-order valence-electron chi connectivity index (χ1n) is 12.4. The topological polar surface area (TPSA) is 93.2 Å². The summed E-state index contributed by atoms with van der Waals surface area (Å²) in [5.41, 5.74) is 3.40. The summed E-state index contributed by atoms with van der Waals surface area (Å²) in [6, 6.07) is 19.5. The van der Waals surface area contributed by atoms with Crippen molar-refractivity contribution in [2.45, 2.75) is 31.5 Å². The number of alkyl halides is 3. The number of hydrogen-bond acceptors (Lipinski definition) is 6. The maximum atomic E-state index is 13.2. The van der Waals surface area contributed by atoms with Crippen molar-refractivity contribution in [1.29, 1.82) is 0 Å². The van der Waals surface area contributed by atoms with Crippen molar-refractivity contribution in [3.8, 4) is 11.1 Å². The van der Waals surface area contributed by atoms with Gasteiger partial charge in [-0.25, -0.2) is 9.59 Å². The van der Waals surface area contributed by atoms with Crippen molar-refractivity contribution in [2.75, 3.05) is 13.2 Å². The highest BCUT2D eigenvalue weighted by molar-refractivity contribution is 6.01. The molecule has 1 aliphatic carbocycles. The van der Waals surface area contributed by atoms with Crippen LogP contribution in [0.4, 0.5) is 18.0 Å². The van der Waals surface area contributed by atoms with E-state index in [-0.39, 0.29) is 31.9 Å². The van der Waals surface area contributed by atoms with Gasteiger partial charge in [0.2, 0.25) is 0 Å². The molecule has 0 spiro atoms. The molecule has 3 aromatic rings. The highest BCUT2D eigenvalue weighted by atomic mass is 19.4. The minimum absolute atomic E-state index is 0.0610. The molecule has 0 unspecified atom stereocenters. The molecule has 5 rings (SSSR count). The predicted octanol–water partition coefficient (Wildman–Crippen LogP) is 5.06. The highest BCUT2D eigenvalue weighted by Gasteiger charge is 2.35. The minimum Gasteiger partial charge on any atom is -0.448 e. The van der Waals surface area contributed by atoms with Gasteiger partial charge in [-0.1, -0.05) is 60.7 Å². The van der Waals surface area contributed by atoms with Gasteiger partial charge < -0.3 is 9.57 Å². The molecule has 0 atom stereocenters. The molecule has 0 saturated carbocycles. The summed E-state index contributed by atoms with van der Waals surface area (Å²) in [5, 5.41) is 0.358. The van der Waals surface area contributed by atoms with Crippen LogP contribution in [0.3, 0.4) is 0 Å². The zero-order chi connectivity index (χ0) is 28.4. The van der Waals surface area contributed by atoms with E-state index in [1.54, 1.807) is 0 Å². The lowest BCUT2D eigenvalue weighted by atomic mass is 9.98. The fraction of sp³-hybridized carbons (Fsp3) is 0.241. The van der Waals surface area contributed by atoms with Crippen molar-refractivity contribution in [3.63, 3.8) is 0 Å². The average Bonchev–Trinajstić information content (AvgIpc) is 3.43. The summed E-state index contributed by atoms with van der Waals surface area (Å²) in [6.07, 6.45) is -5.66. The maximum Gasteiger partial charge on any atom is 0.416 e.